The second-order valence-corrected chi connectivity index (χ2v) is 6.77. The molecule has 102 valence electrons. The van der Waals surface area contributed by atoms with Crippen molar-refractivity contribution < 1.29 is 8.42 Å². The molecule has 0 aliphatic rings. The van der Waals surface area contributed by atoms with Crippen molar-refractivity contribution in [1.29, 1.82) is 0 Å². The van der Waals surface area contributed by atoms with Crippen LogP contribution in [0.3, 0.4) is 0 Å². The number of hydrogen-bond acceptors (Lipinski definition) is 4. The topological polar surface area (TPSA) is 76.9 Å². The van der Waals surface area contributed by atoms with Crippen LogP contribution in [0.4, 0.5) is 5.69 Å². The van der Waals surface area contributed by atoms with Crippen molar-refractivity contribution in [2.24, 2.45) is 7.05 Å². The molecule has 2 heterocycles. The minimum atomic E-state index is -3.80. The second-order valence-electron chi connectivity index (χ2n) is 3.85. The van der Waals surface area contributed by atoms with Gasteiger partial charge in [-0.2, -0.15) is 5.10 Å². The van der Waals surface area contributed by atoms with Crippen molar-refractivity contribution >= 4 is 43.2 Å². The smallest absolute Gasteiger partial charge is 0.265 e. The molecule has 19 heavy (non-hydrogen) atoms. The van der Waals surface area contributed by atoms with E-state index in [1.54, 1.807) is 20.2 Å². The minimum Gasteiger partial charge on any atom is -0.276 e. The lowest BCUT2D eigenvalue weighted by molar-refractivity contribution is 0.600. The molecular formula is C10H10BrClN4O2S. The Morgan fingerprint density at radius 3 is 2.74 bits per heavy atom. The Balaban J connectivity index is 2.43. The minimum absolute atomic E-state index is 0.0859. The van der Waals surface area contributed by atoms with E-state index >= 15 is 0 Å². The summed E-state index contributed by atoms with van der Waals surface area (Å²) in [5.74, 6) is 0. The molecule has 0 spiro atoms. The molecule has 0 bridgehead atoms. The van der Waals surface area contributed by atoms with Gasteiger partial charge in [0.25, 0.3) is 10.0 Å². The lowest BCUT2D eigenvalue weighted by Gasteiger charge is -2.08. The molecule has 2 aromatic heterocycles. The number of aryl methyl sites for hydroxylation is 2. The molecule has 2 rings (SSSR count). The summed E-state index contributed by atoms with van der Waals surface area (Å²) >= 11 is 8.98. The first kappa shape index (κ1) is 14.3. The van der Waals surface area contributed by atoms with Crippen molar-refractivity contribution in [3.63, 3.8) is 0 Å². The number of sulfonamides is 1. The summed E-state index contributed by atoms with van der Waals surface area (Å²) < 4.78 is 29.0. The fourth-order valence-electron chi connectivity index (χ4n) is 1.49. The first-order valence-electron chi connectivity index (χ1n) is 5.14. The molecule has 2 aromatic rings. The summed E-state index contributed by atoms with van der Waals surface area (Å²) in [5, 5.41) is 3.97. The van der Waals surface area contributed by atoms with E-state index in [2.05, 4.69) is 30.7 Å². The van der Waals surface area contributed by atoms with Gasteiger partial charge in [0.15, 0.2) is 0 Å². The van der Waals surface area contributed by atoms with Gasteiger partial charge in [-0.05, 0) is 28.9 Å². The molecule has 0 unspecified atom stereocenters. The Bertz CT molecular complexity index is 729. The number of nitrogens with one attached hydrogen (secondary N) is 1. The van der Waals surface area contributed by atoms with E-state index in [0.29, 0.717) is 15.9 Å². The largest absolute Gasteiger partial charge is 0.276 e. The van der Waals surface area contributed by atoms with Crippen molar-refractivity contribution in [2.75, 3.05) is 4.72 Å². The van der Waals surface area contributed by atoms with E-state index in [4.69, 9.17) is 11.6 Å². The van der Waals surface area contributed by atoms with Crippen LogP contribution in [0.2, 0.25) is 5.15 Å². The summed E-state index contributed by atoms with van der Waals surface area (Å²) in [4.78, 5) is 3.70. The number of pyridine rings is 1. The molecule has 0 amide bonds. The van der Waals surface area contributed by atoms with Crippen molar-refractivity contribution in [3.05, 3.63) is 33.8 Å². The summed E-state index contributed by atoms with van der Waals surface area (Å²) in [6, 6.07) is 1.39. The van der Waals surface area contributed by atoms with Gasteiger partial charge in [0.1, 0.15) is 10.0 Å². The highest BCUT2D eigenvalue weighted by Crippen LogP contribution is 2.25. The molecule has 0 aliphatic carbocycles. The van der Waals surface area contributed by atoms with Crippen LogP contribution in [0, 0.1) is 6.92 Å². The molecule has 1 N–H and O–H groups in total. The van der Waals surface area contributed by atoms with Crippen LogP contribution in [-0.2, 0) is 17.1 Å². The van der Waals surface area contributed by atoms with Gasteiger partial charge in [0.2, 0.25) is 0 Å². The molecule has 0 aromatic carbocycles. The van der Waals surface area contributed by atoms with E-state index < -0.39 is 10.0 Å². The third kappa shape index (κ3) is 3.07. The fourth-order valence-corrected chi connectivity index (χ4v) is 3.54. The number of halogens is 2. The van der Waals surface area contributed by atoms with Crippen molar-refractivity contribution in [3.8, 4) is 0 Å². The van der Waals surface area contributed by atoms with Crippen LogP contribution in [0.5, 0.6) is 0 Å². The molecule has 0 saturated carbocycles. The van der Waals surface area contributed by atoms with Crippen LogP contribution in [0.15, 0.2) is 27.8 Å². The predicted molar refractivity (Wildman–Crippen MR) is 75.7 cm³/mol. The molecule has 0 saturated heterocycles. The summed E-state index contributed by atoms with van der Waals surface area (Å²) in [7, 11) is -2.10. The van der Waals surface area contributed by atoms with E-state index in [0.717, 1.165) is 0 Å². The van der Waals surface area contributed by atoms with Gasteiger partial charge in [-0.15, -0.1) is 0 Å². The number of rotatable bonds is 3. The van der Waals surface area contributed by atoms with Crippen molar-refractivity contribution in [2.45, 2.75) is 11.8 Å². The third-order valence-electron chi connectivity index (χ3n) is 2.32. The number of hydrogen-bond donors (Lipinski definition) is 1. The summed E-state index contributed by atoms with van der Waals surface area (Å²) in [6.07, 6.45) is 3.00. The first-order valence-corrected chi connectivity index (χ1v) is 7.79. The Hall–Kier alpha value is -1.12. The SMILES string of the molecule is Cc1nn(C)cc1NS(=O)(=O)c1cc(Br)cnc1Cl. The van der Waals surface area contributed by atoms with Crippen molar-refractivity contribution in [1.82, 2.24) is 14.8 Å². The molecule has 6 nitrogen and oxygen atoms in total. The average Bonchev–Trinajstić information content (AvgIpc) is 2.60. The first-order chi connectivity index (χ1) is 8.79. The molecule has 0 fully saturated rings. The highest BCUT2D eigenvalue weighted by Gasteiger charge is 2.21. The summed E-state index contributed by atoms with van der Waals surface area (Å²) in [5.41, 5.74) is 0.976. The molecule has 0 atom stereocenters. The molecule has 0 radical (unpaired) electrons. The van der Waals surface area contributed by atoms with Crippen LogP contribution >= 0.6 is 27.5 Å². The lowest BCUT2D eigenvalue weighted by Crippen LogP contribution is -2.14. The quantitative estimate of drug-likeness (QED) is 0.847. The third-order valence-corrected chi connectivity index (χ3v) is 4.55. The zero-order valence-corrected chi connectivity index (χ0v) is 13.2. The van der Waals surface area contributed by atoms with E-state index in [-0.39, 0.29) is 10.0 Å². The van der Waals surface area contributed by atoms with E-state index in [1.165, 1.54) is 16.9 Å². The average molecular weight is 366 g/mol. The van der Waals surface area contributed by atoms with Crippen LogP contribution in [-0.4, -0.2) is 23.2 Å². The van der Waals surface area contributed by atoms with Gasteiger partial charge in [-0.25, -0.2) is 13.4 Å². The maximum absolute atomic E-state index is 12.2. The van der Waals surface area contributed by atoms with Crippen LogP contribution < -0.4 is 4.72 Å². The molecule has 9 heteroatoms. The fraction of sp³-hybridized carbons (Fsp3) is 0.200. The zero-order valence-electron chi connectivity index (χ0n) is 10.1. The highest BCUT2D eigenvalue weighted by molar-refractivity contribution is 9.10. The van der Waals surface area contributed by atoms with Crippen LogP contribution in [0.25, 0.3) is 0 Å². The van der Waals surface area contributed by atoms with E-state index in [9.17, 15) is 8.42 Å². The number of anilines is 1. The van der Waals surface area contributed by atoms with Gasteiger partial charge in [0, 0.05) is 23.9 Å². The maximum atomic E-state index is 12.2. The standard InChI is InChI=1S/C10H10BrClN4O2S/c1-6-8(5-16(2)14-6)15-19(17,18)9-3-7(11)4-13-10(9)12/h3-5,15H,1-2H3. The highest BCUT2D eigenvalue weighted by atomic mass is 79.9. The van der Waals surface area contributed by atoms with Crippen LogP contribution in [0.1, 0.15) is 5.69 Å². The Morgan fingerprint density at radius 2 is 2.16 bits per heavy atom. The normalized spacial score (nSPS) is 11.6. The van der Waals surface area contributed by atoms with Gasteiger partial charge in [-0.3, -0.25) is 9.40 Å². The number of nitrogens with zero attached hydrogens (tertiary/aromatic N) is 3. The Labute approximate surface area is 124 Å². The second kappa shape index (κ2) is 5.10. The van der Waals surface area contributed by atoms with Gasteiger partial charge in [-0.1, -0.05) is 11.6 Å². The molecule has 0 aliphatic heterocycles. The maximum Gasteiger partial charge on any atom is 0.265 e. The monoisotopic (exact) mass is 364 g/mol. The lowest BCUT2D eigenvalue weighted by atomic mass is 10.4. The Kier molecular flexibility index (Phi) is 3.84. The van der Waals surface area contributed by atoms with E-state index in [1.807, 2.05) is 0 Å². The zero-order chi connectivity index (χ0) is 14.2. The predicted octanol–water partition coefficient (Wildman–Crippen LogP) is 2.34. The van der Waals surface area contributed by atoms with Gasteiger partial charge >= 0.3 is 0 Å². The summed E-state index contributed by atoms with van der Waals surface area (Å²) in [6.45, 7) is 1.71. The van der Waals surface area contributed by atoms with Gasteiger partial charge in [0.05, 0.1) is 11.4 Å². The van der Waals surface area contributed by atoms with Gasteiger partial charge < -0.3 is 0 Å². The number of aromatic nitrogens is 3. The molecular weight excluding hydrogens is 356 g/mol. The Morgan fingerprint density at radius 1 is 1.47 bits per heavy atom.